The van der Waals surface area contributed by atoms with Gasteiger partial charge in [-0.05, 0) is 52.0 Å². The number of amides is 3. The molecular formula is C24H35N3O4. The molecule has 3 rings (SSSR count). The Balaban J connectivity index is 1.44. The summed E-state index contributed by atoms with van der Waals surface area (Å²) in [4.78, 5) is 43.3. The van der Waals surface area contributed by atoms with Crippen LogP contribution in [0.3, 0.4) is 0 Å². The summed E-state index contributed by atoms with van der Waals surface area (Å²) in [5.74, 6) is 0.124. The molecule has 0 aliphatic carbocycles. The fourth-order valence-corrected chi connectivity index (χ4v) is 4.20. The van der Waals surface area contributed by atoms with Gasteiger partial charge in [-0.3, -0.25) is 14.5 Å². The summed E-state index contributed by atoms with van der Waals surface area (Å²) in [6.45, 7) is 8.16. The van der Waals surface area contributed by atoms with Crippen LogP contribution < -0.4 is 0 Å². The predicted molar refractivity (Wildman–Crippen MR) is 119 cm³/mol. The fraction of sp³-hybridized carbons (Fsp3) is 0.625. The smallest absolute Gasteiger partial charge is 0.410 e. The van der Waals surface area contributed by atoms with Gasteiger partial charge in [0.15, 0.2) is 0 Å². The number of carbonyl (C=O) groups is 3. The zero-order valence-corrected chi connectivity index (χ0v) is 19.0. The maximum absolute atomic E-state index is 13.1. The Hall–Kier alpha value is -2.57. The van der Waals surface area contributed by atoms with E-state index in [9.17, 15) is 14.4 Å². The quantitative estimate of drug-likeness (QED) is 0.721. The lowest BCUT2D eigenvalue weighted by Crippen LogP contribution is -2.55. The number of nitrogens with zero attached hydrogens (tertiary/aromatic N) is 3. The predicted octanol–water partition coefficient (Wildman–Crippen LogP) is 3.08. The monoisotopic (exact) mass is 429 g/mol. The minimum Gasteiger partial charge on any atom is -0.444 e. The molecule has 3 amide bonds. The second-order valence-corrected chi connectivity index (χ2v) is 9.38. The number of benzene rings is 1. The molecule has 0 N–H and O–H groups in total. The first kappa shape index (κ1) is 23.1. The maximum Gasteiger partial charge on any atom is 0.410 e. The Bertz CT molecular complexity index is 767. The van der Waals surface area contributed by atoms with Crippen LogP contribution in [0.4, 0.5) is 4.79 Å². The zero-order valence-electron chi connectivity index (χ0n) is 19.0. The first-order valence-corrected chi connectivity index (χ1v) is 11.3. The van der Waals surface area contributed by atoms with Crippen molar-refractivity contribution in [3.63, 3.8) is 0 Å². The highest BCUT2D eigenvalue weighted by atomic mass is 16.6. The lowest BCUT2D eigenvalue weighted by Gasteiger charge is -2.37. The van der Waals surface area contributed by atoms with E-state index in [1.165, 1.54) is 5.56 Å². The molecule has 0 aromatic heterocycles. The molecule has 2 saturated heterocycles. The highest BCUT2D eigenvalue weighted by Gasteiger charge is 2.39. The first-order valence-electron chi connectivity index (χ1n) is 11.3. The minimum atomic E-state index is -0.584. The summed E-state index contributed by atoms with van der Waals surface area (Å²) in [5, 5.41) is 0. The number of carbonyl (C=O) groups excluding carboxylic acids is 3. The average molecular weight is 430 g/mol. The van der Waals surface area contributed by atoms with E-state index in [1.54, 1.807) is 9.80 Å². The summed E-state index contributed by atoms with van der Waals surface area (Å²) in [6.07, 6.45) is 3.29. The second kappa shape index (κ2) is 10.2. The average Bonchev–Trinajstić information content (AvgIpc) is 3.23. The van der Waals surface area contributed by atoms with Gasteiger partial charge in [0.2, 0.25) is 11.8 Å². The highest BCUT2D eigenvalue weighted by molar-refractivity contribution is 5.86. The van der Waals surface area contributed by atoms with Crippen molar-refractivity contribution in [2.45, 2.75) is 64.5 Å². The van der Waals surface area contributed by atoms with Crippen LogP contribution in [0, 0.1) is 0 Å². The molecule has 0 unspecified atom stereocenters. The van der Waals surface area contributed by atoms with Crippen molar-refractivity contribution in [2.24, 2.45) is 0 Å². The van der Waals surface area contributed by atoms with Gasteiger partial charge in [-0.1, -0.05) is 30.3 Å². The van der Waals surface area contributed by atoms with Crippen molar-refractivity contribution in [1.29, 1.82) is 0 Å². The number of rotatable bonds is 5. The Morgan fingerprint density at radius 1 is 0.968 bits per heavy atom. The second-order valence-electron chi connectivity index (χ2n) is 9.38. The molecule has 1 aromatic rings. The molecule has 2 heterocycles. The third-order valence-electron chi connectivity index (χ3n) is 5.81. The lowest BCUT2D eigenvalue weighted by atomic mass is 10.1. The van der Waals surface area contributed by atoms with E-state index in [2.05, 4.69) is 12.1 Å². The van der Waals surface area contributed by atoms with E-state index in [0.29, 0.717) is 45.6 Å². The van der Waals surface area contributed by atoms with E-state index < -0.39 is 17.7 Å². The van der Waals surface area contributed by atoms with Gasteiger partial charge < -0.3 is 14.5 Å². The molecule has 31 heavy (non-hydrogen) atoms. The van der Waals surface area contributed by atoms with Gasteiger partial charge in [0.05, 0.1) is 0 Å². The van der Waals surface area contributed by atoms with Crippen LogP contribution in [0.5, 0.6) is 0 Å². The number of piperazine rings is 1. The SMILES string of the molecule is CC(C)(C)OC(=O)N1CCC[C@H]1C(=O)N1CCN(C(=O)CCCc2ccccc2)CC1. The first-order chi connectivity index (χ1) is 14.7. The number of aryl methyl sites for hydroxylation is 1. The van der Waals surface area contributed by atoms with E-state index in [1.807, 2.05) is 43.9 Å². The summed E-state index contributed by atoms with van der Waals surface area (Å²) in [5.41, 5.74) is 0.663. The van der Waals surface area contributed by atoms with Gasteiger partial charge in [0.1, 0.15) is 11.6 Å². The number of hydrogen-bond acceptors (Lipinski definition) is 4. The van der Waals surface area contributed by atoms with Gasteiger partial charge >= 0.3 is 6.09 Å². The van der Waals surface area contributed by atoms with E-state index >= 15 is 0 Å². The van der Waals surface area contributed by atoms with Gasteiger partial charge in [0, 0.05) is 39.1 Å². The molecule has 7 nitrogen and oxygen atoms in total. The summed E-state index contributed by atoms with van der Waals surface area (Å²) in [7, 11) is 0. The van der Waals surface area contributed by atoms with Crippen LogP contribution in [0.15, 0.2) is 30.3 Å². The number of likely N-dealkylation sites (tertiary alicyclic amines) is 1. The molecule has 1 aromatic carbocycles. The minimum absolute atomic E-state index is 0.0282. The van der Waals surface area contributed by atoms with E-state index in [0.717, 1.165) is 19.3 Å². The van der Waals surface area contributed by atoms with Crippen LogP contribution >= 0.6 is 0 Å². The molecule has 7 heteroatoms. The maximum atomic E-state index is 13.1. The van der Waals surface area contributed by atoms with Crippen LogP contribution in [-0.2, 0) is 20.7 Å². The number of ether oxygens (including phenoxy) is 1. The molecular weight excluding hydrogens is 394 g/mol. The van der Waals surface area contributed by atoms with E-state index in [4.69, 9.17) is 4.74 Å². The van der Waals surface area contributed by atoms with Crippen molar-refractivity contribution in [1.82, 2.24) is 14.7 Å². The molecule has 0 radical (unpaired) electrons. The van der Waals surface area contributed by atoms with Crippen molar-refractivity contribution >= 4 is 17.9 Å². The van der Waals surface area contributed by atoms with Crippen LogP contribution in [0.25, 0.3) is 0 Å². The standard InChI is InChI=1S/C24H35N3O4/c1-24(2,3)31-23(30)27-14-8-12-20(27)22(29)26-17-15-25(16-18-26)21(28)13-7-11-19-9-5-4-6-10-19/h4-6,9-10,20H,7-8,11-18H2,1-3H3/t20-/m0/s1. The summed E-state index contributed by atoms with van der Waals surface area (Å²) >= 11 is 0. The van der Waals surface area contributed by atoms with Crippen molar-refractivity contribution < 1.29 is 19.1 Å². The van der Waals surface area contributed by atoms with Crippen LogP contribution in [-0.4, -0.2) is 77.0 Å². The highest BCUT2D eigenvalue weighted by Crippen LogP contribution is 2.23. The Labute approximate surface area is 185 Å². The fourth-order valence-electron chi connectivity index (χ4n) is 4.20. The van der Waals surface area contributed by atoms with Crippen molar-refractivity contribution in [3.8, 4) is 0 Å². The molecule has 2 fully saturated rings. The Morgan fingerprint density at radius 2 is 1.61 bits per heavy atom. The largest absolute Gasteiger partial charge is 0.444 e. The van der Waals surface area contributed by atoms with Crippen molar-refractivity contribution in [2.75, 3.05) is 32.7 Å². The third kappa shape index (κ3) is 6.45. The van der Waals surface area contributed by atoms with Gasteiger partial charge in [-0.15, -0.1) is 0 Å². The lowest BCUT2D eigenvalue weighted by molar-refractivity contribution is -0.142. The van der Waals surface area contributed by atoms with Gasteiger partial charge in [-0.25, -0.2) is 4.79 Å². The topological polar surface area (TPSA) is 70.2 Å². The van der Waals surface area contributed by atoms with E-state index in [-0.39, 0.29) is 11.8 Å². The van der Waals surface area contributed by atoms with Crippen LogP contribution in [0.1, 0.15) is 52.0 Å². The zero-order chi connectivity index (χ0) is 22.4. The molecule has 1 atom stereocenters. The summed E-state index contributed by atoms with van der Waals surface area (Å²) in [6, 6.07) is 9.73. The van der Waals surface area contributed by atoms with Crippen LogP contribution in [0.2, 0.25) is 0 Å². The third-order valence-corrected chi connectivity index (χ3v) is 5.81. The molecule has 0 saturated carbocycles. The van der Waals surface area contributed by atoms with Crippen molar-refractivity contribution in [3.05, 3.63) is 35.9 Å². The molecule has 2 aliphatic rings. The molecule has 170 valence electrons. The Morgan fingerprint density at radius 3 is 2.26 bits per heavy atom. The molecule has 0 spiro atoms. The van der Waals surface area contributed by atoms with Gasteiger partial charge in [0.25, 0.3) is 0 Å². The number of hydrogen-bond donors (Lipinski definition) is 0. The normalized spacial score (nSPS) is 19.5. The van der Waals surface area contributed by atoms with Gasteiger partial charge in [-0.2, -0.15) is 0 Å². The summed E-state index contributed by atoms with van der Waals surface area (Å²) < 4.78 is 5.47. The molecule has 0 bridgehead atoms. The molecule has 2 aliphatic heterocycles. The Kier molecular flexibility index (Phi) is 7.57.